The summed E-state index contributed by atoms with van der Waals surface area (Å²) in [5.74, 6) is 1.12. The van der Waals surface area contributed by atoms with Crippen LogP contribution in [0.15, 0.2) is 28.7 Å². The van der Waals surface area contributed by atoms with Gasteiger partial charge in [-0.25, -0.2) is 0 Å². The Balaban J connectivity index is 1.97. The Labute approximate surface area is 118 Å². The maximum Gasteiger partial charge on any atom is 0.488 e. The molecule has 0 atom stereocenters. The normalized spacial score (nSPS) is 10.8. The minimum absolute atomic E-state index is 0.438. The highest BCUT2D eigenvalue weighted by atomic mass is 16.4. The van der Waals surface area contributed by atoms with Crippen molar-refractivity contribution in [3.8, 4) is 11.5 Å². The Morgan fingerprint density at radius 2 is 1.80 bits per heavy atom. The van der Waals surface area contributed by atoms with Crippen LogP contribution in [0.1, 0.15) is 38.5 Å². The number of nitrogens with zero attached hydrogens (tertiary/aromatic N) is 2. The zero-order valence-corrected chi connectivity index (χ0v) is 11.6. The van der Waals surface area contributed by atoms with E-state index < -0.39 is 7.12 Å². The lowest BCUT2D eigenvalue weighted by Crippen LogP contribution is -2.29. The lowest BCUT2D eigenvalue weighted by molar-refractivity contribution is 0.426. The molecule has 0 aliphatic heterocycles. The molecule has 0 amide bonds. The van der Waals surface area contributed by atoms with Gasteiger partial charge in [-0.15, -0.1) is 10.2 Å². The molecule has 2 rings (SSSR count). The van der Waals surface area contributed by atoms with Crippen LogP contribution in [0.25, 0.3) is 11.5 Å². The molecule has 0 saturated carbocycles. The zero-order chi connectivity index (χ0) is 14.4. The first-order valence-electron chi connectivity index (χ1n) is 6.99. The average Bonchev–Trinajstić information content (AvgIpc) is 2.92. The van der Waals surface area contributed by atoms with Crippen LogP contribution in [0.5, 0.6) is 0 Å². The highest BCUT2D eigenvalue weighted by molar-refractivity contribution is 6.58. The van der Waals surface area contributed by atoms with Crippen LogP contribution in [-0.2, 0) is 6.42 Å². The van der Waals surface area contributed by atoms with Crippen molar-refractivity contribution in [2.45, 2.75) is 39.0 Å². The lowest BCUT2D eigenvalue weighted by Gasteiger charge is -1.99. The summed E-state index contributed by atoms with van der Waals surface area (Å²) in [4.78, 5) is 0. The second-order valence-corrected chi connectivity index (χ2v) is 4.81. The molecular weight excluding hydrogens is 255 g/mol. The van der Waals surface area contributed by atoms with Crippen molar-refractivity contribution in [3.63, 3.8) is 0 Å². The fourth-order valence-corrected chi connectivity index (χ4v) is 1.97. The fraction of sp³-hybridized carbons (Fsp3) is 0.429. The van der Waals surface area contributed by atoms with E-state index in [1.807, 2.05) is 0 Å². The van der Waals surface area contributed by atoms with E-state index in [1.54, 1.807) is 24.3 Å². The van der Waals surface area contributed by atoms with Crippen LogP contribution in [-0.4, -0.2) is 27.4 Å². The number of unbranched alkanes of at least 4 members (excludes halogenated alkanes) is 3. The van der Waals surface area contributed by atoms with E-state index in [2.05, 4.69) is 17.1 Å². The lowest BCUT2D eigenvalue weighted by atomic mass is 9.80. The monoisotopic (exact) mass is 274 g/mol. The molecule has 0 bridgehead atoms. The fourth-order valence-electron chi connectivity index (χ4n) is 1.97. The molecule has 0 radical (unpaired) electrons. The van der Waals surface area contributed by atoms with Crippen LogP contribution in [0.4, 0.5) is 0 Å². The summed E-state index contributed by atoms with van der Waals surface area (Å²) in [6.45, 7) is 2.18. The molecule has 0 spiro atoms. The Bertz CT molecular complexity index is 525. The standard InChI is InChI=1S/C14H19BN2O3/c1-2-3-4-5-6-13-16-17-14(20-13)11-7-9-12(10-8-11)15(18)19/h7-10,18-19H,2-6H2,1H3. The first-order valence-corrected chi connectivity index (χ1v) is 6.99. The predicted molar refractivity (Wildman–Crippen MR) is 77.4 cm³/mol. The van der Waals surface area contributed by atoms with Crippen molar-refractivity contribution >= 4 is 12.6 Å². The SMILES string of the molecule is CCCCCCc1nnc(-c2ccc(B(O)O)cc2)o1. The van der Waals surface area contributed by atoms with Crippen LogP contribution >= 0.6 is 0 Å². The largest absolute Gasteiger partial charge is 0.488 e. The molecule has 0 aliphatic rings. The Morgan fingerprint density at radius 1 is 1.05 bits per heavy atom. The van der Waals surface area contributed by atoms with Crippen LogP contribution in [0.3, 0.4) is 0 Å². The molecule has 5 nitrogen and oxygen atoms in total. The van der Waals surface area contributed by atoms with Gasteiger partial charge in [-0.05, 0) is 24.0 Å². The van der Waals surface area contributed by atoms with E-state index in [4.69, 9.17) is 14.5 Å². The molecule has 20 heavy (non-hydrogen) atoms. The summed E-state index contributed by atoms with van der Waals surface area (Å²) in [6.07, 6.45) is 5.48. The van der Waals surface area contributed by atoms with Crippen molar-refractivity contribution in [2.75, 3.05) is 0 Å². The van der Waals surface area contributed by atoms with Gasteiger partial charge in [0.15, 0.2) is 0 Å². The van der Waals surface area contributed by atoms with Crippen molar-refractivity contribution in [1.82, 2.24) is 10.2 Å². The number of benzene rings is 1. The second-order valence-electron chi connectivity index (χ2n) is 4.81. The summed E-state index contributed by atoms with van der Waals surface area (Å²) >= 11 is 0. The third kappa shape index (κ3) is 3.92. The van der Waals surface area contributed by atoms with E-state index in [-0.39, 0.29) is 0 Å². The number of aryl methyl sites for hydroxylation is 1. The maximum absolute atomic E-state index is 9.03. The molecule has 0 saturated heterocycles. The quantitative estimate of drug-likeness (QED) is 0.591. The van der Waals surface area contributed by atoms with Gasteiger partial charge in [-0.2, -0.15) is 0 Å². The first kappa shape index (κ1) is 14.7. The molecule has 6 heteroatoms. The van der Waals surface area contributed by atoms with Crippen LogP contribution in [0, 0.1) is 0 Å². The van der Waals surface area contributed by atoms with Gasteiger partial charge in [0.1, 0.15) is 0 Å². The highest BCUT2D eigenvalue weighted by Crippen LogP contribution is 2.17. The average molecular weight is 274 g/mol. The molecule has 2 N–H and O–H groups in total. The van der Waals surface area contributed by atoms with E-state index in [0.29, 0.717) is 17.2 Å². The van der Waals surface area contributed by atoms with Crippen molar-refractivity contribution in [3.05, 3.63) is 30.2 Å². The van der Waals surface area contributed by atoms with Crippen molar-refractivity contribution < 1.29 is 14.5 Å². The number of aromatic nitrogens is 2. The molecule has 0 fully saturated rings. The van der Waals surface area contributed by atoms with Crippen LogP contribution in [0.2, 0.25) is 0 Å². The van der Waals surface area contributed by atoms with E-state index >= 15 is 0 Å². The molecular formula is C14H19BN2O3. The molecule has 2 aromatic rings. The van der Waals surface area contributed by atoms with Crippen molar-refractivity contribution in [2.24, 2.45) is 0 Å². The first-order chi connectivity index (χ1) is 9.70. The Morgan fingerprint density at radius 3 is 2.45 bits per heavy atom. The van der Waals surface area contributed by atoms with E-state index in [1.165, 1.54) is 19.3 Å². The number of hydrogen-bond donors (Lipinski definition) is 2. The summed E-state index contributed by atoms with van der Waals surface area (Å²) in [5, 5.41) is 26.1. The zero-order valence-electron chi connectivity index (χ0n) is 11.6. The Hall–Kier alpha value is -1.66. The molecule has 0 aliphatic carbocycles. The van der Waals surface area contributed by atoms with Gasteiger partial charge < -0.3 is 14.5 Å². The third-order valence-corrected chi connectivity index (χ3v) is 3.17. The van der Waals surface area contributed by atoms with E-state index in [9.17, 15) is 0 Å². The highest BCUT2D eigenvalue weighted by Gasteiger charge is 2.12. The van der Waals surface area contributed by atoms with Gasteiger partial charge >= 0.3 is 7.12 Å². The van der Waals surface area contributed by atoms with E-state index in [0.717, 1.165) is 18.4 Å². The summed E-state index contributed by atoms with van der Waals surface area (Å²) in [5.41, 5.74) is 1.22. The molecule has 1 aromatic heterocycles. The predicted octanol–water partition coefficient (Wildman–Crippen LogP) is 1.54. The minimum atomic E-state index is -1.46. The smallest absolute Gasteiger partial charge is 0.423 e. The second kappa shape index (κ2) is 7.21. The maximum atomic E-state index is 9.03. The van der Waals surface area contributed by atoms with Gasteiger partial charge in [0.25, 0.3) is 0 Å². The number of hydrogen-bond acceptors (Lipinski definition) is 5. The topological polar surface area (TPSA) is 79.4 Å². The summed E-state index contributed by atoms with van der Waals surface area (Å²) < 4.78 is 5.60. The van der Waals surface area contributed by atoms with Gasteiger partial charge in [-0.3, -0.25) is 0 Å². The third-order valence-electron chi connectivity index (χ3n) is 3.17. The van der Waals surface area contributed by atoms with Gasteiger partial charge in [-0.1, -0.05) is 38.3 Å². The van der Waals surface area contributed by atoms with Crippen LogP contribution < -0.4 is 5.46 Å². The van der Waals surface area contributed by atoms with Gasteiger partial charge in [0.05, 0.1) is 0 Å². The molecule has 106 valence electrons. The molecule has 0 unspecified atom stereocenters. The number of rotatable bonds is 7. The van der Waals surface area contributed by atoms with Gasteiger partial charge in [0, 0.05) is 12.0 Å². The van der Waals surface area contributed by atoms with Gasteiger partial charge in [0.2, 0.25) is 11.8 Å². The summed E-state index contributed by atoms with van der Waals surface area (Å²) in [7, 11) is -1.46. The van der Waals surface area contributed by atoms with Crippen molar-refractivity contribution in [1.29, 1.82) is 0 Å². The summed E-state index contributed by atoms with van der Waals surface area (Å²) in [6, 6.07) is 6.74. The molecule has 1 aromatic carbocycles. The minimum Gasteiger partial charge on any atom is -0.423 e. The Kier molecular flexibility index (Phi) is 5.32. The molecule has 1 heterocycles.